The highest BCUT2D eigenvalue weighted by atomic mass is 35.5. The molecule has 0 unspecified atom stereocenters. The molecule has 130 heavy (non-hydrogen) atoms. The molecule has 31 nitrogen and oxygen atoms in total. The number of anilines is 5. The normalized spacial score (nSPS) is 18.6. The maximum atomic E-state index is 10.3. The molecular weight excluding hydrogens is 1740 g/mol. The van der Waals surface area contributed by atoms with Gasteiger partial charge in [-0.25, -0.2) is 49.8 Å². The highest BCUT2D eigenvalue weighted by Crippen LogP contribution is 2.39. The molecule has 10 aliphatic heterocycles. The van der Waals surface area contributed by atoms with Crippen LogP contribution in [0.3, 0.4) is 0 Å². The van der Waals surface area contributed by atoms with Gasteiger partial charge in [0.25, 0.3) is 0 Å². The average molecular weight is 1860 g/mol. The van der Waals surface area contributed by atoms with Crippen LogP contribution >= 0.6 is 58.0 Å². The van der Waals surface area contributed by atoms with Crippen LogP contribution in [0.1, 0.15) is 204 Å². The molecule has 36 heteroatoms. The van der Waals surface area contributed by atoms with Crippen molar-refractivity contribution in [1.29, 1.82) is 0 Å². The largest absolute Gasteiger partial charge is 0.388 e. The Labute approximate surface area is 783 Å². The molecule has 0 aliphatic carbocycles. The summed E-state index contributed by atoms with van der Waals surface area (Å²) in [6.45, 7) is 29.5. The van der Waals surface area contributed by atoms with E-state index in [1.54, 1.807) is 37.2 Å². The lowest BCUT2D eigenvalue weighted by atomic mass is 9.80. The van der Waals surface area contributed by atoms with E-state index in [1.807, 2.05) is 95.7 Å². The van der Waals surface area contributed by atoms with Crippen molar-refractivity contribution in [3.8, 4) is 0 Å². The Bertz CT molecular complexity index is 5330. The van der Waals surface area contributed by atoms with E-state index in [2.05, 4.69) is 110 Å². The lowest BCUT2D eigenvalue weighted by molar-refractivity contribution is 0.0245. The molecule has 12 N–H and O–H groups in total. The first kappa shape index (κ1) is 93.0. The zero-order valence-electron chi connectivity index (χ0n) is 74.9. The predicted molar refractivity (Wildman–Crippen MR) is 516 cm³/mol. The van der Waals surface area contributed by atoms with Gasteiger partial charge in [0.15, 0.2) is 0 Å². The first-order chi connectivity index (χ1) is 62.5. The molecule has 0 amide bonds. The number of fused-ring (bicyclic) bond motifs is 5. The third-order valence-corrected chi connectivity index (χ3v) is 29.0. The van der Waals surface area contributed by atoms with Gasteiger partial charge >= 0.3 is 0 Å². The van der Waals surface area contributed by atoms with Crippen LogP contribution in [0.4, 0.5) is 29.1 Å². The van der Waals surface area contributed by atoms with Crippen LogP contribution in [0, 0.1) is 45.4 Å². The molecule has 10 aromatic rings. The van der Waals surface area contributed by atoms with Crippen LogP contribution in [-0.2, 0) is 32.7 Å². The number of benzene rings is 1. The summed E-state index contributed by atoms with van der Waals surface area (Å²) in [6, 6.07) is 13.6. The summed E-state index contributed by atoms with van der Waals surface area (Å²) in [6.07, 6.45) is 25.7. The predicted octanol–water partition coefficient (Wildman–Crippen LogP) is 11.9. The Morgan fingerprint density at radius 2 is 0.631 bits per heavy atom. The quantitative estimate of drug-likeness (QED) is 0.0501. The zero-order chi connectivity index (χ0) is 91.6. The Kier molecular flexibility index (Phi) is 28.1. The monoisotopic (exact) mass is 1850 g/mol. The van der Waals surface area contributed by atoms with Crippen molar-refractivity contribution in [2.24, 2.45) is 64.5 Å². The van der Waals surface area contributed by atoms with Gasteiger partial charge < -0.3 is 63.4 Å². The summed E-state index contributed by atoms with van der Waals surface area (Å²) < 4.78 is 0. The van der Waals surface area contributed by atoms with Gasteiger partial charge in [0.05, 0.1) is 168 Å². The third kappa shape index (κ3) is 20.1. The number of nitrogens with zero attached hydrogens (tertiary/aromatic N) is 24. The molecule has 5 saturated heterocycles. The third-order valence-electron chi connectivity index (χ3n) is 27.0. The van der Waals surface area contributed by atoms with E-state index in [9.17, 15) is 10.2 Å². The molecule has 19 heterocycles. The van der Waals surface area contributed by atoms with Crippen molar-refractivity contribution in [2.75, 3.05) is 116 Å². The Hall–Kier alpha value is -10.3. The first-order valence-electron chi connectivity index (χ1n) is 44.6. The molecule has 0 radical (unpaired) electrons. The molecule has 20 rings (SSSR count). The molecule has 5 fully saturated rings. The summed E-state index contributed by atoms with van der Waals surface area (Å²) >= 11 is 31.9. The van der Waals surface area contributed by atoms with E-state index in [1.165, 1.54) is 0 Å². The second-order valence-corrected chi connectivity index (χ2v) is 38.0. The van der Waals surface area contributed by atoms with Gasteiger partial charge in [0.1, 0.15) is 57.6 Å². The van der Waals surface area contributed by atoms with Crippen LogP contribution in [-0.4, -0.2) is 217 Å². The summed E-state index contributed by atoms with van der Waals surface area (Å²) in [5, 5.41) is 23.7. The topological polar surface area (TPSA) is 429 Å². The average Bonchev–Trinajstić information content (AvgIpc) is 1.61. The Balaban J connectivity index is 0.000000119. The first-order valence-corrected chi connectivity index (χ1v) is 46.4. The molecule has 0 spiro atoms. The number of aliphatic imine (C=N–C) groups is 5. The number of aliphatic hydroxyl groups is 2. The second kappa shape index (κ2) is 39.3. The Morgan fingerprint density at radius 3 is 0.923 bits per heavy atom. The number of hydrogen-bond donors (Lipinski definition) is 7. The highest BCUT2D eigenvalue weighted by Gasteiger charge is 2.39. The molecule has 0 saturated carbocycles. The van der Waals surface area contributed by atoms with E-state index >= 15 is 0 Å². The van der Waals surface area contributed by atoms with Crippen molar-refractivity contribution in [3.63, 3.8) is 0 Å². The minimum absolute atomic E-state index is 0.0348. The summed E-state index contributed by atoms with van der Waals surface area (Å²) in [5.41, 5.74) is 49.7. The van der Waals surface area contributed by atoms with E-state index in [0.717, 1.165) is 273 Å². The SMILES string of the molecule is CCC1(N)CCN(c2cnc3c(n2)CN=C3c2ccnc(C)c2Cl)CC1.Cc1cc(C2=NCc3nc(N4CCC(C)(CN)CC4)cnc32)c(Cl)cn1.Cc1cc(C2=NCc3nc(N4CCC(O)(CN)CC4)cnc32)c(Cl)cn1.Cc1cccc(C2=NCc3nc(N4CCC(C)(CN)CC4)cnc32)c1Cl.Cc1nccc(C2=NCc3nc(N4CCC(O)(CN)CC4)cnc32)c1Cl. The second-order valence-electron chi connectivity index (χ2n) is 36.0. The van der Waals surface area contributed by atoms with E-state index in [4.69, 9.17) is 117 Å². The van der Waals surface area contributed by atoms with Crippen LogP contribution in [0.5, 0.6) is 0 Å². The zero-order valence-corrected chi connectivity index (χ0v) is 78.6. The molecule has 680 valence electrons. The van der Waals surface area contributed by atoms with Crippen molar-refractivity contribution in [1.82, 2.24) is 69.8 Å². The number of aromatic nitrogens is 14. The molecular formula is C94H112Cl5N29O2. The number of pyridine rings is 4. The highest BCUT2D eigenvalue weighted by molar-refractivity contribution is 6.38. The van der Waals surface area contributed by atoms with E-state index < -0.39 is 11.2 Å². The van der Waals surface area contributed by atoms with Gasteiger partial charge in [-0.2, -0.15) is 0 Å². The summed E-state index contributed by atoms with van der Waals surface area (Å²) in [5.74, 6) is 4.41. The van der Waals surface area contributed by atoms with Gasteiger partial charge in [-0.15, -0.1) is 0 Å². The van der Waals surface area contributed by atoms with Crippen LogP contribution in [0.15, 0.2) is 123 Å². The van der Waals surface area contributed by atoms with Gasteiger partial charge in [-0.1, -0.05) is 97.0 Å². The minimum atomic E-state index is -0.757. The van der Waals surface area contributed by atoms with Gasteiger partial charge in [-0.05, 0) is 159 Å². The number of piperidine rings is 5. The summed E-state index contributed by atoms with van der Waals surface area (Å²) in [7, 11) is 0. The van der Waals surface area contributed by atoms with Crippen molar-refractivity contribution >= 4 is 116 Å². The lowest BCUT2D eigenvalue weighted by Crippen LogP contribution is -2.50. The van der Waals surface area contributed by atoms with E-state index in [-0.39, 0.29) is 16.4 Å². The summed E-state index contributed by atoms with van der Waals surface area (Å²) in [4.78, 5) is 98.5. The number of halogens is 5. The number of rotatable bonds is 15. The fraction of sp³-hybridized carbons (Fsp3) is 0.457. The number of hydrogen-bond acceptors (Lipinski definition) is 31. The lowest BCUT2D eigenvalue weighted by Gasteiger charge is -2.39. The van der Waals surface area contributed by atoms with E-state index in [0.29, 0.717) is 118 Å². The van der Waals surface area contributed by atoms with Gasteiger partial charge in [0, 0.05) is 148 Å². The maximum Gasteiger partial charge on any atom is 0.147 e. The number of aryl methyl sites for hydroxylation is 5. The minimum Gasteiger partial charge on any atom is -0.388 e. The van der Waals surface area contributed by atoms with Crippen LogP contribution in [0.25, 0.3) is 0 Å². The fourth-order valence-electron chi connectivity index (χ4n) is 17.5. The maximum absolute atomic E-state index is 10.3. The van der Waals surface area contributed by atoms with Crippen molar-refractivity contribution in [2.45, 2.75) is 175 Å². The molecule has 0 atom stereocenters. The Morgan fingerprint density at radius 1 is 0.346 bits per heavy atom. The number of nitrogens with two attached hydrogens (primary N) is 5. The van der Waals surface area contributed by atoms with Gasteiger partial charge in [0.2, 0.25) is 0 Å². The molecule has 0 bridgehead atoms. The molecule has 9 aromatic heterocycles. The standard InChI is InChI=1S/C20H24ClN5.2C19H23ClN6.2C18H21ClN6O/c1-13-4-3-5-14(17(13)21)18-19-15(10-23-18)25-16(11-24-19)26-8-6-20(2,12-22)7-9-26;1-12-7-13(14(20)8-22-12)17-18-15(9-23-17)25-16(10-24-18)26-5-3-19(2,11-21)4-6-26;1-3-19(21)5-8-26(9-6-19)15-11-24-18-14(25-15)10-23-17(18)13-4-7-22-12(2)16(13)20;1-11-15(19)12(2-5-21-11)16-17-13(8-22-16)24-14(9-23-17)25-6-3-18(26,10-20)4-7-25;1-11-6-12(13(19)7-21-11)16-17-14(8-22-16)24-15(9-23-17)25-4-2-18(26,10-20)3-5-25/h3-5,11H,6-10,12,22H2,1-2H3;7-8,10H,3-6,9,11,21H2,1-2H3;4,7,11H,3,5-6,8-10,21H2,1-2H3;2,5,9,26H,3-4,6-8,10,20H2,1H3;6-7,9,26H,2-5,8,10,20H2,1H3. The van der Waals surface area contributed by atoms with Crippen molar-refractivity contribution in [3.05, 3.63) is 236 Å². The fourth-order valence-corrected chi connectivity index (χ4v) is 18.5. The van der Waals surface area contributed by atoms with Crippen LogP contribution in [0.2, 0.25) is 25.1 Å². The molecule has 1 aromatic carbocycles. The van der Waals surface area contributed by atoms with Gasteiger partial charge in [-0.3, -0.25) is 44.9 Å². The van der Waals surface area contributed by atoms with Crippen molar-refractivity contribution < 1.29 is 10.2 Å². The smallest absolute Gasteiger partial charge is 0.147 e. The van der Waals surface area contributed by atoms with Crippen LogP contribution < -0.4 is 53.2 Å². The molecule has 10 aliphatic rings.